The molecule has 2 atom stereocenters. The van der Waals surface area contributed by atoms with Gasteiger partial charge in [0.05, 0.1) is 6.07 Å². The summed E-state index contributed by atoms with van der Waals surface area (Å²) in [6, 6.07) is 28.2. The minimum absolute atomic E-state index is 0.126. The van der Waals surface area contributed by atoms with E-state index in [2.05, 4.69) is 76.0 Å². The number of hydrogen-bond donors (Lipinski definition) is 0. The molecule has 0 fully saturated rings. The van der Waals surface area contributed by atoms with Crippen LogP contribution in [0.4, 0.5) is 0 Å². The first-order chi connectivity index (χ1) is 19.2. The lowest BCUT2D eigenvalue weighted by molar-refractivity contribution is 0.193. The summed E-state index contributed by atoms with van der Waals surface area (Å²) in [5, 5.41) is 13.8. The first kappa shape index (κ1) is 30.8. The van der Waals surface area contributed by atoms with E-state index >= 15 is 0 Å². The van der Waals surface area contributed by atoms with Gasteiger partial charge in [0, 0.05) is 42.0 Å². The Balaban J connectivity index is 0.000000192. The van der Waals surface area contributed by atoms with Crippen molar-refractivity contribution < 1.29 is 0 Å². The van der Waals surface area contributed by atoms with E-state index in [-0.39, 0.29) is 6.04 Å². The van der Waals surface area contributed by atoms with Gasteiger partial charge in [-0.05, 0) is 64.9 Å². The number of nitriles is 1. The average molecular weight is 558 g/mol. The van der Waals surface area contributed by atoms with Crippen molar-refractivity contribution in [3.63, 3.8) is 0 Å². The molecular formula is C34H43N3S2. The Kier molecular flexibility index (Phi) is 12.9. The predicted molar refractivity (Wildman–Crippen MR) is 169 cm³/mol. The van der Waals surface area contributed by atoms with Gasteiger partial charge in [0.2, 0.25) is 0 Å². The highest BCUT2D eigenvalue weighted by Gasteiger charge is 2.25. The molecule has 5 heteroatoms. The second-order valence-corrected chi connectivity index (χ2v) is 11.2. The first-order valence-corrected chi connectivity index (χ1v) is 16.1. The quantitative estimate of drug-likeness (QED) is 0.250. The third kappa shape index (κ3) is 8.13. The summed E-state index contributed by atoms with van der Waals surface area (Å²) >= 11 is 3.74. The largest absolute Gasteiger partial charge is 0.292 e. The van der Waals surface area contributed by atoms with E-state index in [0.717, 1.165) is 31.6 Å². The molecule has 2 aromatic carbocycles. The standard InChI is InChI=1S/C15H14N2S.C15H17NS.2C2H6/c16-10-14(12-4-2-1-3-5-12)17-8-6-15-13(11-17)7-9-18-15;1-12(13-5-3-2-4-6-13)16-9-7-15-14(11-16)8-10-17-15;2*1-2/h1-5,7,9,14H,6,8,11H2;2-6,8,10,12H,7,9,11H2,1H3;2*1-2H3. The van der Waals surface area contributed by atoms with Crippen molar-refractivity contribution in [1.82, 2.24) is 9.80 Å². The van der Waals surface area contributed by atoms with Crippen LogP contribution in [0.25, 0.3) is 0 Å². The van der Waals surface area contributed by atoms with Gasteiger partial charge in [-0.2, -0.15) is 5.26 Å². The van der Waals surface area contributed by atoms with E-state index in [4.69, 9.17) is 0 Å². The number of rotatable bonds is 4. The van der Waals surface area contributed by atoms with E-state index in [1.807, 2.05) is 80.7 Å². The summed E-state index contributed by atoms with van der Waals surface area (Å²) in [5.74, 6) is 0. The van der Waals surface area contributed by atoms with E-state index < -0.39 is 0 Å². The molecular weight excluding hydrogens is 515 g/mol. The van der Waals surface area contributed by atoms with Crippen molar-refractivity contribution in [1.29, 1.82) is 5.26 Å². The van der Waals surface area contributed by atoms with Gasteiger partial charge in [-0.1, -0.05) is 88.4 Å². The van der Waals surface area contributed by atoms with Crippen LogP contribution < -0.4 is 0 Å². The molecule has 4 aromatic rings. The Morgan fingerprint density at radius 2 is 1.13 bits per heavy atom. The fraction of sp³-hybridized carbons (Fsp3) is 0.382. The predicted octanol–water partition coefficient (Wildman–Crippen LogP) is 9.29. The van der Waals surface area contributed by atoms with E-state index in [1.165, 1.54) is 34.5 Å². The van der Waals surface area contributed by atoms with Gasteiger partial charge in [-0.3, -0.25) is 9.80 Å². The van der Waals surface area contributed by atoms with Crippen molar-refractivity contribution in [2.45, 2.75) is 72.6 Å². The molecule has 6 rings (SSSR count). The number of thiophene rings is 2. The smallest absolute Gasteiger partial charge is 0.124 e. The van der Waals surface area contributed by atoms with E-state index in [0.29, 0.717) is 6.04 Å². The van der Waals surface area contributed by atoms with Crippen molar-refractivity contribution in [3.8, 4) is 6.07 Å². The summed E-state index contributed by atoms with van der Waals surface area (Å²) in [5.41, 5.74) is 5.44. The monoisotopic (exact) mass is 557 g/mol. The van der Waals surface area contributed by atoms with Gasteiger partial charge in [0.1, 0.15) is 6.04 Å². The second-order valence-electron chi connectivity index (χ2n) is 9.21. The zero-order valence-electron chi connectivity index (χ0n) is 24.1. The maximum Gasteiger partial charge on any atom is 0.124 e. The lowest BCUT2D eigenvalue weighted by atomic mass is 10.0. The second kappa shape index (κ2) is 16.4. The van der Waals surface area contributed by atoms with Gasteiger partial charge >= 0.3 is 0 Å². The van der Waals surface area contributed by atoms with Crippen LogP contribution in [-0.4, -0.2) is 22.9 Å². The molecule has 0 saturated heterocycles. The minimum Gasteiger partial charge on any atom is -0.292 e. The molecule has 0 spiro atoms. The molecule has 0 N–H and O–H groups in total. The highest BCUT2D eigenvalue weighted by molar-refractivity contribution is 7.10. The summed E-state index contributed by atoms with van der Waals surface area (Å²) in [6.45, 7) is 14.5. The van der Waals surface area contributed by atoms with Gasteiger partial charge < -0.3 is 0 Å². The molecule has 39 heavy (non-hydrogen) atoms. The van der Waals surface area contributed by atoms with E-state index in [1.54, 1.807) is 4.88 Å². The summed E-state index contributed by atoms with van der Waals surface area (Å²) in [7, 11) is 0. The number of hydrogen-bond acceptors (Lipinski definition) is 5. The van der Waals surface area contributed by atoms with Crippen molar-refractivity contribution >= 4 is 22.7 Å². The number of benzene rings is 2. The Morgan fingerprint density at radius 1 is 0.667 bits per heavy atom. The van der Waals surface area contributed by atoms with Gasteiger partial charge in [0.15, 0.2) is 0 Å². The fourth-order valence-corrected chi connectivity index (χ4v) is 6.82. The Morgan fingerprint density at radius 3 is 1.64 bits per heavy atom. The molecule has 0 amide bonds. The Labute approximate surface area is 244 Å². The molecule has 0 radical (unpaired) electrons. The molecule has 2 aliphatic heterocycles. The zero-order valence-corrected chi connectivity index (χ0v) is 25.8. The van der Waals surface area contributed by atoms with Crippen LogP contribution in [-0.2, 0) is 25.9 Å². The topological polar surface area (TPSA) is 30.3 Å². The fourth-order valence-electron chi connectivity index (χ4n) is 5.04. The molecule has 2 aromatic heterocycles. The molecule has 2 unspecified atom stereocenters. The van der Waals surface area contributed by atoms with Gasteiger partial charge in [-0.25, -0.2) is 0 Å². The molecule has 0 saturated carbocycles. The summed E-state index contributed by atoms with van der Waals surface area (Å²) in [6.07, 6.45) is 2.28. The maximum absolute atomic E-state index is 9.44. The van der Waals surface area contributed by atoms with Crippen LogP contribution >= 0.6 is 22.7 Å². The van der Waals surface area contributed by atoms with Crippen LogP contribution in [0.1, 0.15) is 78.7 Å². The molecule has 206 valence electrons. The van der Waals surface area contributed by atoms with Crippen LogP contribution in [0.15, 0.2) is 83.6 Å². The van der Waals surface area contributed by atoms with Crippen molar-refractivity contribution in [2.24, 2.45) is 0 Å². The maximum atomic E-state index is 9.44. The third-order valence-corrected chi connectivity index (χ3v) is 9.15. The Bertz CT molecular complexity index is 1260. The Hall–Kier alpha value is -2.75. The molecule has 3 nitrogen and oxygen atoms in total. The number of nitrogens with zero attached hydrogens (tertiary/aromatic N) is 3. The highest BCUT2D eigenvalue weighted by Crippen LogP contribution is 2.31. The van der Waals surface area contributed by atoms with Gasteiger partial charge in [-0.15, -0.1) is 22.7 Å². The minimum atomic E-state index is -0.126. The lowest BCUT2D eigenvalue weighted by Gasteiger charge is -2.32. The van der Waals surface area contributed by atoms with Crippen LogP contribution in [0.2, 0.25) is 0 Å². The lowest BCUT2D eigenvalue weighted by Crippen LogP contribution is -2.32. The van der Waals surface area contributed by atoms with E-state index in [9.17, 15) is 5.26 Å². The highest BCUT2D eigenvalue weighted by atomic mass is 32.1. The van der Waals surface area contributed by atoms with Crippen LogP contribution in [0.5, 0.6) is 0 Å². The van der Waals surface area contributed by atoms with Crippen LogP contribution in [0, 0.1) is 11.3 Å². The van der Waals surface area contributed by atoms with Gasteiger partial charge in [0.25, 0.3) is 0 Å². The van der Waals surface area contributed by atoms with Crippen molar-refractivity contribution in [3.05, 3.63) is 116 Å². The van der Waals surface area contributed by atoms with Crippen molar-refractivity contribution in [2.75, 3.05) is 13.1 Å². The summed E-state index contributed by atoms with van der Waals surface area (Å²) < 4.78 is 0. The molecule has 0 bridgehead atoms. The molecule has 0 aliphatic carbocycles. The SMILES string of the molecule is CC.CC.CC(c1ccccc1)N1CCc2sccc2C1.N#CC(c1ccccc1)N1CCc2sccc2C1. The molecule has 2 aliphatic rings. The third-order valence-electron chi connectivity index (χ3n) is 7.11. The normalized spacial score (nSPS) is 15.8. The number of fused-ring (bicyclic) bond motifs is 2. The van der Waals surface area contributed by atoms with Crippen LogP contribution in [0.3, 0.4) is 0 Å². The zero-order chi connectivity index (χ0) is 28.0. The first-order valence-electron chi connectivity index (χ1n) is 14.3. The summed E-state index contributed by atoms with van der Waals surface area (Å²) in [4.78, 5) is 7.91. The molecule has 4 heterocycles. The average Bonchev–Trinajstić information content (AvgIpc) is 3.70.